The summed E-state index contributed by atoms with van der Waals surface area (Å²) in [5.41, 5.74) is -0.669. The largest absolute Gasteiger partial charge is 0.381 e. The first-order valence-electron chi connectivity index (χ1n) is 8.15. The van der Waals surface area contributed by atoms with Crippen LogP contribution in [0, 0.1) is 0 Å². The fourth-order valence-corrected chi connectivity index (χ4v) is 2.77. The summed E-state index contributed by atoms with van der Waals surface area (Å²) in [5, 5.41) is 13.3. The first-order chi connectivity index (χ1) is 11.0. The molecule has 128 valence electrons. The van der Waals surface area contributed by atoms with E-state index in [1.807, 2.05) is 30.3 Å². The van der Waals surface area contributed by atoms with Gasteiger partial charge in [0, 0.05) is 39.7 Å². The number of carbonyl (C=O) groups excluding carboxylic acids is 1. The highest BCUT2D eigenvalue weighted by atomic mass is 16.5. The molecule has 0 unspecified atom stereocenters. The van der Waals surface area contributed by atoms with Crippen molar-refractivity contribution in [3.63, 3.8) is 0 Å². The molecule has 0 aromatic heterocycles. The van der Waals surface area contributed by atoms with Gasteiger partial charge in [-0.3, -0.25) is 4.79 Å². The Balaban J connectivity index is 1.85. The Morgan fingerprint density at radius 3 is 2.61 bits per heavy atom. The average Bonchev–Trinajstić information content (AvgIpc) is 2.59. The third-order valence-electron chi connectivity index (χ3n) is 4.64. The van der Waals surface area contributed by atoms with Gasteiger partial charge in [-0.05, 0) is 25.3 Å². The topological polar surface area (TPSA) is 67.8 Å². The van der Waals surface area contributed by atoms with E-state index < -0.39 is 5.60 Å². The minimum absolute atomic E-state index is 0.351. The molecule has 0 spiro atoms. The molecule has 2 N–H and O–H groups in total. The molecule has 0 radical (unpaired) electrons. The van der Waals surface area contributed by atoms with E-state index in [1.54, 1.807) is 14.0 Å². The molecule has 1 atom stereocenters. The van der Waals surface area contributed by atoms with Gasteiger partial charge in [-0.25, -0.2) is 0 Å². The summed E-state index contributed by atoms with van der Waals surface area (Å²) < 4.78 is 10.9. The number of benzene rings is 1. The second-order valence-corrected chi connectivity index (χ2v) is 6.44. The SMILES string of the molecule is COC1(CNC(=O)[C@@](C)(O)CCc2ccccc2)CCOCC1. The normalized spacial score (nSPS) is 19.8. The molecule has 1 heterocycles. The molecule has 1 fully saturated rings. The summed E-state index contributed by atoms with van der Waals surface area (Å²) in [7, 11) is 1.66. The van der Waals surface area contributed by atoms with E-state index >= 15 is 0 Å². The van der Waals surface area contributed by atoms with Crippen molar-refractivity contribution in [1.29, 1.82) is 0 Å². The summed E-state index contributed by atoms with van der Waals surface area (Å²) in [4.78, 5) is 12.3. The zero-order chi connectivity index (χ0) is 16.8. The Bertz CT molecular complexity index is 495. The fraction of sp³-hybridized carbons (Fsp3) is 0.611. The fourth-order valence-electron chi connectivity index (χ4n) is 2.77. The highest BCUT2D eigenvalue weighted by molar-refractivity contribution is 5.84. The lowest BCUT2D eigenvalue weighted by Crippen LogP contribution is -2.53. The van der Waals surface area contributed by atoms with Crippen molar-refractivity contribution in [1.82, 2.24) is 5.32 Å². The summed E-state index contributed by atoms with van der Waals surface area (Å²) >= 11 is 0. The Morgan fingerprint density at radius 2 is 2.00 bits per heavy atom. The Hall–Kier alpha value is -1.43. The van der Waals surface area contributed by atoms with E-state index in [9.17, 15) is 9.90 Å². The van der Waals surface area contributed by atoms with Crippen molar-refractivity contribution in [2.24, 2.45) is 0 Å². The van der Waals surface area contributed by atoms with E-state index in [0.29, 0.717) is 32.6 Å². The van der Waals surface area contributed by atoms with Crippen LogP contribution < -0.4 is 5.32 Å². The van der Waals surface area contributed by atoms with Gasteiger partial charge in [-0.2, -0.15) is 0 Å². The van der Waals surface area contributed by atoms with Gasteiger partial charge in [-0.1, -0.05) is 30.3 Å². The van der Waals surface area contributed by atoms with Gasteiger partial charge in [0.1, 0.15) is 5.60 Å². The van der Waals surface area contributed by atoms with Crippen LogP contribution in [0.2, 0.25) is 0 Å². The lowest BCUT2D eigenvalue weighted by Gasteiger charge is -2.36. The van der Waals surface area contributed by atoms with E-state index in [2.05, 4.69) is 5.32 Å². The zero-order valence-corrected chi connectivity index (χ0v) is 14.0. The van der Waals surface area contributed by atoms with Crippen LogP contribution in [0.25, 0.3) is 0 Å². The third-order valence-corrected chi connectivity index (χ3v) is 4.64. The van der Waals surface area contributed by atoms with E-state index in [-0.39, 0.29) is 11.5 Å². The molecule has 5 nitrogen and oxygen atoms in total. The lowest BCUT2D eigenvalue weighted by molar-refractivity contribution is -0.142. The minimum Gasteiger partial charge on any atom is -0.381 e. The quantitative estimate of drug-likeness (QED) is 0.802. The van der Waals surface area contributed by atoms with Crippen molar-refractivity contribution in [2.75, 3.05) is 26.9 Å². The predicted molar refractivity (Wildman–Crippen MR) is 88.2 cm³/mol. The molecule has 1 aromatic rings. The van der Waals surface area contributed by atoms with Crippen molar-refractivity contribution in [2.45, 2.75) is 43.8 Å². The van der Waals surface area contributed by atoms with Gasteiger partial charge in [-0.15, -0.1) is 0 Å². The third kappa shape index (κ3) is 5.03. The number of ether oxygens (including phenoxy) is 2. The number of aryl methyl sites for hydroxylation is 1. The van der Waals surface area contributed by atoms with Crippen LogP contribution in [0.15, 0.2) is 30.3 Å². The molecular weight excluding hydrogens is 294 g/mol. The van der Waals surface area contributed by atoms with Gasteiger partial charge in [0.05, 0.1) is 5.60 Å². The molecule has 2 rings (SSSR count). The number of hydrogen-bond donors (Lipinski definition) is 2. The van der Waals surface area contributed by atoms with E-state index in [0.717, 1.165) is 18.4 Å². The zero-order valence-electron chi connectivity index (χ0n) is 14.0. The van der Waals surface area contributed by atoms with E-state index in [4.69, 9.17) is 9.47 Å². The number of nitrogens with one attached hydrogen (secondary N) is 1. The van der Waals surface area contributed by atoms with Gasteiger partial charge in [0.15, 0.2) is 0 Å². The highest BCUT2D eigenvalue weighted by Gasteiger charge is 2.36. The standard InChI is InChI=1S/C18H27NO4/c1-17(21,9-8-15-6-4-3-5-7-15)16(20)19-14-18(22-2)10-12-23-13-11-18/h3-7,21H,8-14H2,1-2H3,(H,19,20)/t17-/m0/s1. The van der Waals surface area contributed by atoms with Crippen LogP contribution in [0.4, 0.5) is 0 Å². The average molecular weight is 321 g/mol. The molecule has 0 bridgehead atoms. The molecule has 0 aliphatic carbocycles. The molecule has 1 aliphatic rings. The lowest BCUT2D eigenvalue weighted by atomic mass is 9.92. The molecule has 23 heavy (non-hydrogen) atoms. The first-order valence-corrected chi connectivity index (χ1v) is 8.15. The number of hydrogen-bond acceptors (Lipinski definition) is 4. The van der Waals surface area contributed by atoms with Crippen molar-refractivity contribution >= 4 is 5.91 Å². The second-order valence-electron chi connectivity index (χ2n) is 6.44. The van der Waals surface area contributed by atoms with Crippen LogP contribution >= 0.6 is 0 Å². The maximum absolute atomic E-state index is 12.3. The van der Waals surface area contributed by atoms with Crippen LogP contribution in [0.1, 0.15) is 31.7 Å². The van der Waals surface area contributed by atoms with Crippen LogP contribution in [-0.4, -0.2) is 49.1 Å². The maximum Gasteiger partial charge on any atom is 0.251 e. The molecule has 1 aliphatic heterocycles. The maximum atomic E-state index is 12.3. The molecule has 1 amide bonds. The Morgan fingerprint density at radius 1 is 1.35 bits per heavy atom. The number of amides is 1. The first kappa shape index (κ1) is 17.9. The van der Waals surface area contributed by atoms with Gasteiger partial charge in [0.25, 0.3) is 5.91 Å². The number of carbonyl (C=O) groups is 1. The van der Waals surface area contributed by atoms with E-state index in [1.165, 1.54) is 0 Å². The smallest absolute Gasteiger partial charge is 0.251 e. The van der Waals surface area contributed by atoms with Gasteiger partial charge < -0.3 is 19.9 Å². The molecular formula is C18H27NO4. The summed E-state index contributed by atoms with van der Waals surface area (Å²) in [6, 6.07) is 9.85. The summed E-state index contributed by atoms with van der Waals surface area (Å²) in [5.74, 6) is -0.351. The van der Waals surface area contributed by atoms with Gasteiger partial charge >= 0.3 is 0 Å². The van der Waals surface area contributed by atoms with Crippen molar-refractivity contribution in [3.05, 3.63) is 35.9 Å². The van der Waals surface area contributed by atoms with Crippen LogP contribution in [0.5, 0.6) is 0 Å². The second kappa shape index (κ2) is 7.90. The molecule has 1 saturated heterocycles. The summed E-state index contributed by atoms with van der Waals surface area (Å²) in [6.45, 7) is 3.23. The number of methoxy groups -OCH3 is 1. The minimum atomic E-state index is -1.39. The Labute approximate surface area is 138 Å². The Kier molecular flexibility index (Phi) is 6.16. The van der Waals surface area contributed by atoms with Crippen LogP contribution in [-0.2, 0) is 20.7 Å². The summed E-state index contributed by atoms with van der Waals surface area (Å²) in [6.07, 6.45) is 2.53. The van der Waals surface area contributed by atoms with Crippen molar-refractivity contribution < 1.29 is 19.4 Å². The number of rotatable bonds is 7. The monoisotopic (exact) mass is 321 g/mol. The van der Waals surface area contributed by atoms with Crippen molar-refractivity contribution in [3.8, 4) is 0 Å². The molecule has 0 saturated carbocycles. The van der Waals surface area contributed by atoms with Crippen LogP contribution in [0.3, 0.4) is 0 Å². The predicted octanol–water partition coefficient (Wildman–Crippen LogP) is 1.68. The number of aliphatic hydroxyl groups is 1. The molecule has 5 heteroatoms. The molecule has 1 aromatic carbocycles. The highest BCUT2D eigenvalue weighted by Crippen LogP contribution is 2.24. The van der Waals surface area contributed by atoms with Gasteiger partial charge in [0.2, 0.25) is 0 Å².